The second kappa shape index (κ2) is 11.5. The van der Waals surface area contributed by atoms with E-state index in [0.717, 1.165) is 38.6 Å². The number of fused-ring (bicyclic) bond motifs is 1. The Morgan fingerprint density at radius 2 is 1.88 bits per heavy atom. The second-order valence-electron chi connectivity index (χ2n) is 9.49. The number of anilines is 1. The van der Waals surface area contributed by atoms with E-state index in [0.29, 0.717) is 5.82 Å². The first-order chi connectivity index (χ1) is 19.6. The molecule has 40 heavy (non-hydrogen) atoms. The van der Waals surface area contributed by atoms with E-state index in [-0.39, 0.29) is 35.9 Å². The Bertz CT molecular complexity index is 1640. The SMILES string of the molecule is Cc1cccc(-n2nc(-c3ccccc3)c3c2N(CC(=O)NCc2ccccn2)C(=O)CSC3c2cccs2)c1. The Hall–Kier alpha value is -4.21. The molecule has 6 rings (SSSR count). The fourth-order valence-electron chi connectivity index (χ4n) is 4.82. The first kappa shape index (κ1) is 26.0. The van der Waals surface area contributed by atoms with Crippen molar-refractivity contribution < 1.29 is 9.59 Å². The van der Waals surface area contributed by atoms with Crippen molar-refractivity contribution in [3.63, 3.8) is 0 Å². The highest BCUT2D eigenvalue weighted by Crippen LogP contribution is 2.49. The molecule has 3 aromatic heterocycles. The van der Waals surface area contributed by atoms with Gasteiger partial charge in [-0.25, -0.2) is 4.68 Å². The molecule has 5 aromatic rings. The van der Waals surface area contributed by atoms with Gasteiger partial charge in [0.05, 0.1) is 34.6 Å². The summed E-state index contributed by atoms with van der Waals surface area (Å²) >= 11 is 3.24. The van der Waals surface area contributed by atoms with E-state index >= 15 is 0 Å². The van der Waals surface area contributed by atoms with E-state index < -0.39 is 0 Å². The zero-order chi connectivity index (χ0) is 27.5. The van der Waals surface area contributed by atoms with Crippen LogP contribution in [0, 0.1) is 6.92 Å². The highest BCUT2D eigenvalue weighted by molar-refractivity contribution is 8.00. The smallest absolute Gasteiger partial charge is 0.240 e. The number of thioether (sulfide) groups is 1. The highest BCUT2D eigenvalue weighted by atomic mass is 32.2. The van der Waals surface area contributed by atoms with Crippen molar-refractivity contribution in [3.8, 4) is 16.9 Å². The molecule has 1 aliphatic rings. The van der Waals surface area contributed by atoms with Gasteiger partial charge in [-0.05, 0) is 48.2 Å². The number of hydrogen-bond donors (Lipinski definition) is 1. The Kier molecular flexibility index (Phi) is 7.48. The van der Waals surface area contributed by atoms with Crippen molar-refractivity contribution in [2.75, 3.05) is 17.2 Å². The number of thiophene rings is 1. The molecular formula is C31H27N5O2S2. The molecule has 2 aromatic carbocycles. The van der Waals surface area contributed by atoms with Gasteiger partial charge in [0.15, 0.2) is 0 Å². The lowest BCUT2D eigenvalue weighted by molar-refractivity contribution is -0.123. The Balaban J connectivity index is 1.50. The first-order valence-electron chi connectivity index (χ1n) is 13.0. The van der Waals surface area contributed by atoms with E-state index in [1.807, 2.05) is 90.5 Å². The molecule has 0 bridgehead atoms. The van der Waals surface area contributed by atoms with Crippen LogP contribution in [-0.2, 0) is 16.1 Å². The van der Waals surface area contributed by atoms with Crippen molar-refractivity contribution in [1.29, 1.82) is 0 Å². The van der Waals surface area contributed by atoms with Crippen LogP contribution in [0.15, 0.2) is 96.5 Å². The molecule has 0 saturated heterocycles. The summed E-state index contributed by atoms with van der Waals surface area (Å²) in [5.74, 6) is 0.479. The summed E-state index contributed by atoms with van der Waals surface area (Å²) in [6.07, 6.45) is 1.69. The van der Waals surface area contributed by atoms with Crippen molar-refractivity contribution in [3.05, 3.63) is 118 Å². The van der Waals surface area contributed by atoms with Crippen LogP contribution in [0.25, 0.3) is 16.9 Å². The number of nitrogens with zero attached hydrogens (tertiary/aromatic N) is 4. The Morgan fingerprint density at radius 3 is 2.62 bits per heavy atom. The molecule has 1 N–H and O–H groups in total. The van der Waals surface area contributed by atoms with E-state index in [1.54, 1.807) is 34.2 Å². The zero-order valence-corrected chi connectivity index (χ0v) is 23.5. The lowest BCUT2D eigenvalue weighted by atomic mass is 10.0. The monoisotopic (exact) mass is 565 g/mol. The van der Waals surface area contributed by atoms with Gasteiger partial charge in [0.2, 0.25) is 11.8 Å². The van der Waals surface area contributed by atoms with Crippen LogP contribution in [0.5, 0.6) is 0 Å². The molecule has 7 nitrogen and oxygen atoms in total. The minimum Gasteiger partial charge on any atom is -0.349 e. The van der Waals surface area contributed by atoms with Gasteiger partial charge in [-0.3, -0.25) is 19.5 Å². The average molecular weight is 566 g/mol. The topological polar surface area (TPSA) is 80.1 Å². The number of carbonyl (C=O) groups is 2. The van der Waals surface area contributed by atoms with Crippen molar-refractivity contribution >= 4 is 40.7 Å². The van der Waals surface area contributed by atoms with Crippen LogP contribution in [0.2, 0.25) is 0 Å². The van der Waals surface area contributed by atoms with E-state index in [9.17, 15) is 9.59 Å². The fraction of sp³-hybridized carbons (Fsp3) is 0.161. The summed E-state index contributed by atoms with van der Waals surface area (Å²) in [4.78, 5) is 34.1. The van der Waals surface area contributed by atoms with Crippen LogP contribution in [0.3, 0.4) is 0 Å². The number of aryl methyl sites for hydroxylation is 1. The first-order valence-corrected chi connectivity index (χ1v) is 14.9. The van der Waals surface area contributed by atoms with Crippen LogP contribution in [0.4, 0.5) is 5.82 Å². The minimum atomic E-state index is -0.261. The molecule has 9 heteroatoms. The molecular weight excluding hydrogens is 539 g/mol. The van der Waals surface area contributed by atoms with Gasteiger partial charge in [-0.15, -0.1) is 23.1 Å². The van der Waals surface area contributed by atoms with Gasteiger partial charge in [0.25, 0.3) is 0 Å². The molecule has 0 aliphatic carbocycles. The van der Waals surface area contributed by atoms with Gasteiger partial charge in [-0.1, -0.05) is 54.6 Å². The molecule has 0 radical (unpaired) electrons. The zero-order valence-electron chi connectivity index (χ0n) is 21.9. The van der Waals surface area contributed by atoms with Crippen LogP contribution < -0.4 is 10.2 Å². The van der Waals surface area contributed by atoms with E-state index in [1.165, 1.54) is 0 Å². The normalized spacial score (nSPS) is 15.0. The predicted octanol–water partition coefficient (Wildman–Crippen LogP) is 5.79. The largest absolute Gasteiger partial charge is 0.349 e. The lowest BCUT2D eigenvalue weighted by Crippen LogP contribution is -2.42. The molecule has 200 valence electrons. The fourth-order valence-corrected chi connectivity index (χ4v) is 7.00. The molecule has 2 amide bonds. The maximum absolute atomic E-state index is 13.8. The number of rotatable bonds is 7. The quantitative estimate of drug-likeness (QED) is 0.270. The molecule has 0 fully saturated rings. The summed E-state index contributed by atoms with van der Waals surface area (Å²) in [6.45, 7) is 2.19. The third kappa shape index (κ3) is 5.30. The van der Waals surface area contributed by atoms with Crippen molar-refractivity contribution in [1.82, 2.24) is 20.1 Å². The maximum atomic E-state index is 13.8. The number of nitrogens with one attached hydrogen (secondary N) is 1. The minimum absolute atomic E-state index is 0.116. The Morgan fingerprint density at radius 1 is 1.02 bits per heavy atom. The third-order valence-corrected chi connectivity index (χ3v) is 9.00. The number of aromatic nitrogens is 3. The molecule has 1 aliphatic heterocycles. The van der Waals surface area contributed by atoms with Crippen molar-refractivity contribution in [2.24, 2.45) is 0 Å². The number of benzene rings is 2. The standard InChI is InChI=1S/C31H27N5O2S2/c1-21-9-7-13-24(17-21)36-31-28(29(34-36)22-10-3-2-4-11-22)30(25-14-8-16-39-25)40-20-27(38)35(31)19-26(37)33-18-23-12-5-6-15-32-23/h2-17,30H,18-20H2,1H3,(H,33,37). The van der Waals surface area contributed by atoms with Gasteiger partial charge >= 0.3 is 0 Å². The molecule has 1 atom stereocenters. The predicted molar refractivity (Wildman–Crippen MR) is 161 cm³/mol. The van der Waals surface area contributed by atoms with E-state index in [2.05, 4.69) is 21.7 Å². The maximum Gasteiger partial charge on any atom is 0.240 e. The summed E-state index contributed by atoms with van der Waals surface area (Å²) < 4.78 is 1.83. The number of hydrogen-bond acceptors (Lipinski definition) is 6. The van der Waals surface area contributed by atoms with E-state index in [4.69, 9.17) is 5.10 Å². The molecule has 0 saturated carbocycles. The Labute approximate surface area is 240 Å². The summed E-state index contributed by atoms with van der Waals surface area (Å²) in [6, 6.07) is 27.8. The average Bonchev–Trinajstić information content (AvgIpc) is 3.63. The molecule has 1 unspecified atom stereocenters. The number of carbonyl (C=O) groups excluding carboxylic acids is 2. The highest BCUT2D eigenvalue weighted by Gasteiger charge is 2.38. The van der Waals surface area contributed by atoms with Crippen LogP contribution >= 0.6 is 23.1 Å². The van der Waals surface area contributed by atoms with Crippen molar-refractivity contribution in [2.45, 2.75) is 18.7 Å². The van der Waals surface area contributed by atoms with Crippen LogP contribution in [-0.4, -0.2) is 38.9 Å². The second-order valence-corrected chi connectivity index (χ2v) is 11.6. The number of amides is 2. The summed E-state index contributed by atoms with van der Waals surface area (Å²) in [5.41, 5.74) is 5.36. The van der Waals surface area contributed by atoms with Gasteiger partial charge < -0.3 is 5.32 Å². The molecule has 0 spiro atoms. The summed E-state index contributed by atoms with van der Waals surface area (Å²) in [7, 11) is 0. The molecule has 4 heterocycles. The van der Waals surface area contributed by atoms with Gasteiger partial charge in [0.1, 0.15) is 12.4 Å². The number of pyridine rings is 1. The third-order valence-electron chi connectivity index (χ3n) is 6.68. The lowest BCUT2D eigenvalue weighted by Gasteiger charge is -2.23. The van der Waals surface area contributed by atoms with Crippen LogP contribution in [0.1, 0.15) is 26.9 Å². The van der Waals surface area contributed by atoms with Gasteiger partial charge in [0, 0.05) is 22.2 Å². The summed E-state index contributed by atoms with van der Waals surface area (Å²) in [5, 5.41) is 10.0. The van der Waals surface area contributed by atoms with Gasteiger partial charge in [-0.2, -0.15) is 5.10 Å².